The molecule has 0 saturated carbocycles. The summed E-state index contributed by atoms with van der Waals surface area (Å²) in [5.74, 6) is -0.703. The van der Waals surface area contributed by atoms with Gasteiger partial charge in [-0.25, -0.2) is 8.42 Å². The SMILES string of the molecule is CN(CC(N)=O)S(=O)(=O)c1cc(N)cs1. The average molecular weight is 249 g/mol. The van der Waals surface area contributed by atoms with Gasteiger partial charge in [0.2, 0.25) is 5.91 Å². The van der Waals surface area contributed by atoms with Crippen molar-refractivity contribution in [2.24, 2.45) is 5.73 Å². The number of hydrogen-bond acceptors (Lipinski definition) is 5. The summed E-state index contributed by atoms with van der Waals surface area (Å²) >= 11 is 1.01. The third-order valence-electron chi connectivity index (χ3n) is 1.64. The number of amides is 1. The smallest absolute Gasteiger partial charge is 0.252 e. The Morgan fingerprint density at radius 1 is 1.60 bits per heavy atom. The molecule has 15 heavy (non-hydrogen) atoms. The number of carbonyl (C=O) groups excluding carboxylic acids is 1. The van der Waals surface area contributed by atoms with E-state index < -0.39 is 15.9 Å². The predicted molar refractivity (Wildman–Crippen MR) is 57.7 cm³/mol. The van der Waals surface area contributed by atoms with Crippen molar-refractivity contribution in [3.05, 3.63) is 11.4 Å². The van der Waals surface area contributed by atoms with Crippen molar-refractivity contribution in [1.82, 2.24) is 4.31 Å². The summed E-state index contributed by atoms with van der Waals surface area (Å²) in [6.45, 7) is -0.347. The number of anilines is 1. The van der Waals surface area contributed by atoms with Gasteiger partial charge >= 0.3 is 0 Å². The minimum Gasteiger partial charge on any atom is -0.398 e. The number of nitrogens with two attached hydrogens (primary N) is 2. The molecule has 0 spiro atoms. The van der Waals surface area contributed by atoms with Gasteiger partial charge in [-0.3, -0.25) is 4.79 Å². The quantitative estimate of drug-likeness (QED) is 0.745. The molecule has 0 aliphatic carbocycles. The first kappa shape index (κ1) is 12.0. The Balaban J connectivity index is 2.98. The molecule has 6 nitrogen and oxygen atoms in total. The molecule has 8 heteroatoms. The number of rotatable bonds is 4. The first-order chi connectivity index (χ1) is 6.84. The third-order valence-corrected chi connectivity index (χ3v) is 4.88. The van der Waals surface area contributed by atoms with E-state index in [9.17, 15) is 13.2 Å². The Kier molecular flexibility index (Phi) is 3.32. The highest BCUT2D eigenvalue weighted by Gasteiger charge is 2.23. The van der Waals surface area contributed by atoms with Crippen LogP contribution in [0.2, 0.25) is 0 Å². The molecule has 0 saturated heterocycles. The van der Waals surface area contributed by atoms with Crippen molar-refractivity contribution in [3.8, 4) is 0 Å². The van der Waals surface area contributed by atoms with Gasteiger partial charge in [-0.2, -0.15) is 4.31 Å². The van der Waals surface area contributed by atoms with E-state index in [0.29, 0.717) is 5.69 Å². The van der Waals surface area contributed by atoms with Gasteiger partial charge in [0.25, 0.3) is 10.0 Å². The summed E-state index contributed by atoms with van der Waals surface area (Å²) < 4.78 is 24.5. The fourth-order valence-electron chi connectivity index (χ4n) is 0.924. The lowest BCUT2D eigenvalue weighted by atomic mass is 10.6. The molecule has 0 fully saturated rings. The second-order valence-corrected chi connectivity index (χ2v) is 6.11. The first-order valence-electron chi connectivity index (χ1n) is 3.92. The number of nitrogens with zero attached hydrogens (tertiary/aromatic N) is 1. The third kappa shape index (κ3) is 2.67. The number of nitrogen functional groups attached to an aromatic ring is 1. The van der Waals surface area contributed by atoms with E-state index in [1.165, 1.54) is 18.5 Å². The molecule has 0 atom stereocenters. The minimum atomic E-state index is -3.64. The number of primary amides is 1. The van der Waals surface area contributed by atoms with E-state index in [1.54, 1.807) is 0 Å². The Hall–Kier alpha value is -1.12. The number of likely N-dealkylation sites (N-methyl/N-ethyl adjacent to an activating group) is 1. The van der Waals surface area contributed by atoms with Crippen LogP contribution < -0.4 is 11.5 Å². The van der Waals surface area contributed by atoms with E-state index in [-0.39, 0.29) is 10.8 Å². The molecule has 1 rings (SSSR count). The second kappa shape index (κ2) is 4.17. The number of hydrogen-bond donors (Lipinski definition) is 2. The Bertz CT molecular complexity index is 466. The molecule has 1 aromatic rings. The molecule has 84 valence electrons. The molecule has 0 aliphatic heterocycles. The fraction of sp³-hybridized carbons (Fsp3) is 0.286. The normalized spacial score (nSPS) is 11.9. The highest BCUT2D eigenvalue weighted by atomic mass is 32.2. The number of sulfonamides is 1. The second-order valence-electron chi connectivity index (χ2n) is 2.93. The van der Waals surface area contributed by atoms with Crippen LogP contribution in [0.25, 0.3) is 0 Å². The van der Waals surface area contributed by atoms with Crippen LogP contribution in [0.5, 0.6) is 0 Å². The summed E-state index contributed by atoms with van der Waals surface area (Å²) in [5.41, 5.74) is 10.7. The van der Waals surface area contributed by atoms with Crippen molar-refractivity contribution in [3.63, 3.8) is 0 Å². The van der Waals surface area contributed by atoms with Crippen LogP contribution in [0.1, 0.15) is 0 Å². The monoisotopic (exact) mass is 249 g/mol. The van der Waals surface area contributed by atoms with Crippen molar-refractivity contribution < 1.29 is 13.2 Å². The molecule has 1 amide bonds. The van der Waals surface area contributed by atoms with Crippen LogP contribution in [0.3, 0.4) is 0 Å². The lowest BCUT2D eigenvalue weighted by molar-refractivity contribution is -0.118. The van der Waals surface area contributed by atoms with E-state index in [0.717, 1.165) is 15.6 Å². The Morgan fingerprint density at radius 2 is 2.20 bits per heavy atom. The van der Waals surface area contributed by atoms with Gasteiger partial charge in [0, 0.05) is 18.1 Å². The van der Waals surface area contributed by atoms with Crippen molar-refractivity contribution in [2.75, 3.05) is 19.3 Å². The van der Waals surface area contributed by atoms with Crippen molar-refractivity contribution >= 4 is 33.0 Å². The van der Waals surface area contributed by atoms with Gasteiger partial charge in [-0.15, -0.1) is 11.3 Å². The molecule has 0 unspecified atom stereocenters. The van der Waals surface area contributed by atoms with Gasteiger partial charge in [-0.1, -0.05) is 0 Å². The van der Waals surface area contributed by atoms with Crippen LogP contribution in [0, 0.1) is 0 Å². The van der Waals surface area contributed by atoms with Gasteiger partial charge in [0.1, 0.15) is 4.21 Å². The summed E-state index contributed by atoms with van der Waals surface area (Å²) in [4.78, 5) is 10.6. The van der Waals surface area contributed by atoms with Gasteiger partial charge in [0.05, 0.1) is 6.54 Å². The largest absolute Gasteiger partial charge is 0.398 e. The van der Waals surface area contributed by atoms with E-state index in [1.807, 2.05) is 0 Å². The van der Waals surface area contributed by atoms with Crippen LogP contribution >= 0.6 is 11.3 Å². The average Bonchev–Trinajstić information content (AvgIpc) is 2.50. The van der Waals surface area contributed by atoms with Crippen molar-refractivity contribution in [2.45, 2.75) is 4.21 Å². The fourth-order valence-corrected chi connectivity index (χ4v) is 3.35. The lowest BCUT2D eigenvalue weighted by Crippen LogP contribution is -2.34. The summed E-state index contributed by atoms with van der Waals surface area (Å²) in [5, 5.41) is 1.52. The Labute approximate surface area is 91.5 Å². The molecular formula is C7H11N3O3S2. The molecule has 0 bridgehead atoms. The molecule has 1 heterocycles. The zero-order valence-electron chi connectivity index (χ0n) is 8.00. The maximum atomic E-state index is 11.8. The minimum absolute atomic E-state index is 0.101. The maximum Gasteiger partial charge on any atom is 0.252 e. The summed E-state index contributed by atoms with van der Waals surface area (Å²) in [6, 6.07) is 1.34. The van der Waals surface area contributed by atoms with Gasteiger partial charge in [0.15, 0.2) is 0 Å². The topological polar surface area (TPSA) is 106 Å². The van der Waals surface area contributed by atoms with Crippen LogP contribution in [0.15, 0.2) is 15.7 Å². The first-order valence-corrected chi connectivity index (χ1v) is 6.24. The van der Waals surface area contributed by atoms with E-state index >= 15 is 0 Å². The standard InChI is InChI=1S/C7H11N3O3S2/c1-10(3-6(9)11)15(12,13)7-2-5(8)4-14-7/h2,4H,3,8H2,1H3,(H2,9,11). The zero-order chi connectivity index (χ0) is 11.6. The predicted octanol–water partition coefficient (Wildman–Crippen LogP) is -0.564. The van der Waals surface area contributed by atoms with Crippen LogP contribution in [-0.2, 0) is 14.8 Å². The van der Waals surface area contributed by atoms with Gasteiger partial charge < -0.3 is 11.5 Å². The number of thiophene rings is 1. The number of carbonyl (C=O) groups is 1. The summed E-state index contributed by atoms with van der Waals surface area (Å²) in [7, 11) is -2.35. The van der Waals surface area contributed by atoms with Gasteiger partial charge in [-0.05, 0) is 6.07 Å². The van der Waals surface area contributed by atoms with E-state index in [2.05, 4.69) is 0 Å². The highest BCUT2D eigenvalue weighted by Crippen LogP contribution is 2.23. The van der Waals surface area contributed by atoms with Crippen molar-refractivity contribution in [1.29, 1.82) is 0 Å². The zero-order valence-corrected chi connectivity index (χ0v) is 9.64. The highest BCUT2D eigenvalue weighted by molar-refractivity contribution is 7.91. The molecule has 0 aromatic carbocycles. The molecule has 1 aromatic heterocycles. The molecule has 0 aliphatic rings. The van der Waals surface area contributed by atoms with E-state index in [4.69, 9.17) is 11.5 Å². The molecule has 0 radical (unpaired) electrons. The van der Waals surface area contributed by atoms with Crippen LogP contribution in [-0.4, -0.2) is 32.2 Å². The van der Waals surface area contributed by atoms with Crippen LogP contribution in [0.4, 0.5) is 5.69 Å². The molecular weight excluding hydrogens is 238 g/mol. The molecule has 4 N–H and O–H groups in total. The maximum absolute atomic E-state index is 11.8. The summed E-state index contributed by atoms with van der Waals surface area (Å²) in [6.07, 6.45) is 0. The lowest BCUT2D eigenvalue weighted by Gasteiger charge is -2.13. The Morgan fingerprint density at radius 3 is 2.60 bits per heavy atom.